The second-order valence-corrected chi connectivity index (χ2v) is 9.77. The number of nitrogens with zero attached hydrogens (tertiary/aromatic N) is 3. The molecule has 2 aromatic carbocycles. The van der Waals surface area contributed by atoms with Gasteiger partial charge in [-0.2, -0.15) is 0 Å². The molecule has 4 amide bonds. The van der Waals surface area contributed by atoms with Gasteiger partial charge in [-0.25, -0.2) is 4.79 Å². The summed E-state index contributed by atoms with van der Waals surface area (Å²) in [5.74, 6) is -0.134. The zero-order valence-corrected chi connectivity index (χ0v) is 20.4. The number of rotatable bonds is 6. The van der Waals surface area contributed by atoms with E-state index in [1.807, 2.05) is 42.2 Å². The molecule has 3 aromatic rings. The van der Waals surface area contributed by atoms with Gasteiger partial charge in [0.05, 0.1) is 13.0 Å². The van der Waals surface area contributed by atoms with Crippen LogP contribution in [-0.2, 0) is 22.6 Å². The van der Waals surface area contributed by atoms with E-state index in [1.165, 1.54) is 4.90 Å². The monoisotopic (exact) mass is 482 g/mol. The molecular formula is C29H30N4O3. The Balaban J connectivity index is 1.17. The molecule has 0 unspecified atom stereocenters. The van der Waals surface area contributed by atoms with Crippen LogP contribution in [0.4, 0.5) is 4.79 Å². The molecule has 2 aliphatic heterocycles. The lowest BCUT2D eigenvalue weighted by Gasteiger charge is -2.39. The molecule has 184 valence electrons. The third-order valence-corrected chi connectivity index (χ3v) is 7.47. The number of urea groups is 1. The Labute approximate surface area is 211 Å². The summed E-state index contributed by atoms with van der Waals surface area (Å²) >= 11 is 0. The quantitative estimate of drug-likeness (QED) is 0.538. The van der Waals surface area contributed by atoms with Crippen LogP contribution < -0.4 is 5.32 Å². The highest BCUT2D eigenvalue weighted by atomic mass is 16.2. The minimum absolute atomic E-state index is 0.0226. The van der Waals surface area contributed by atoms with E-state index in [1.54, 1.807) is 24.5 Å². The number of nitrogens with one attached hydrogen (secondary N) is 1. The molecule has 0 aliphatic carbocycles. The van der Waals surface area contributed by atoms with Crippen molar-refractivity contribution in [3.05, 3.63) is 90.3 Å². The van der Waals surface area contributed by atoms with Crippen molar-refractivity contribution in [2.75, 3.05) is 13.1 Å². The lowest BCUT2D eigenvalue weighted by atomic mass is 9.78. The molecule has 2 fully saturated rings. The van der Waals surface area contributed by atoms with E-state index >= 15 is 0 Å². The fraction of sp³-hybridized carbons (Fsp3) is 0.310. The molecule has 3 heterocycles. The highest BCUT2D eigenvalue weighted by Gasteiger charge is 2.52. The summed E-state index contributed by atoms with van der Waals surface area (Å²) in [5.41, 5.74) is 3.17. The molecular weight excluding hydrogens is 452 g/mol. The largest absolute Gasteiger partial charge is 0.342 e. The average Bonchev–Trinajstić information content (AvgIpc) is 3.14. The third-order valence-electron chi connectivity index (χ3n) is 7.47. The Kier molecular flexibility index (Phi) is 6.55. The highest BCUT2D eigenvalue weighted by molar-refractivity contribution is 6.07. The molecule has 0 spiro atoms. The smallest absolute Gasteiger partial charge is 0.325 e. The molecule has 2 saturated heterocycles. The van der Waals surface area contributed by atoms with Gasteiger partial charge in [-0.1, -0.05) is 54.6 Å². The van der Waals surface area contributed by atoms with Crippen molar-refractivity contribution in [2.24, 2.45) is 5.92 Å². The molecule has 2 aliphatic rings. The summed E-state index contributed by atoms with van der Waals surface area (Å²) in [5, 5.41) is 2.94. The second-order valence-electron chi connectivity index (χ2n) is 9.77. The van der Waals surface area contributed by atoms with Crippen LogP contribution in [0.15, 0.2) is 79.1 Å². The molecule has 7 nitrogen and oxygen atoms in total. The molecule has 0 bridgehead atoms. The van der Waals surface area contributed by atoms with Crippen molar-refractivity contribution in [2.45, 2.75) is 38.3 Å². The molecule has 1 aromatic heterocycles. The van der Waals surface area contributed by atoms with E-state index in [9.17, 15) is 14.4 Å². The van der Waals surface area contributed by atoms with Gasteiger partial charge in [0, 0.05) is 25.5 Å². The molecule has 0 saturated carbocycles. The highest BCUT2D eigenvalue weighted by Crippen LogP contribution is 2.34. The molecule has 36 heavy (non-hydrogen) atoms. The number of likely N-dealkylation sites (tertiary alicyclic amines) is 1. The summed E-state index contributed by atoms with van der Waals surface area (Å²) in [7, 11) is 0. The van der Waals surface area contributed by atoms with E-state index in [4.69, 9.17) is 0 Å². The van der Waals surface area contributed by atoms with Gasteiger partial charge in [0.2, 0.25) is 5.91 Å². The van der Waals surface area contributed by atoms with Crippen LogP contribution >= 0.6 is 0 Å². The Bertz CT molecular complexity index is 1240. The van der Waals surface area contributed by atoms with Crippen molar-refractivity contribution >= 4 is 17.8 Å². The number of piperidine rings is 1. The fourth-order valence-corrected chi connectivity index (χ4v) is 5.25. The van der Waals surface area contributed by atoms with E-state index < -0.39 is 5.54 Å². The summed E-state index contributed by atoms with van der Waals surface area (Å²) in [4.78, 5) is 46.1. The number of benzene rings is 2. The maximum absolute atomic E-state index is 13.3. The number of hydrogen-bond acceptors (Lipinski definition) is 4. The zero-order chi connectivity index (χ0) is 25.1. The Morgan fingerprint density at radius 2 is 1.56 bits per heavy atom. The number of aromatic nitrogens is 1. The maximum Gasteiger partial charge on any atom is 0.325 e. The Morgan fingerprint density at radius 1 is 0.917 bits per heavy atom. The van der Waals surface area contributed by atoms with Crippen LogP contribution in [0.25, 0.3) is 11.1 Å². The first-order valence-corrected chi connectivity index (χ1v) is 12.4. The van der Waals surface area contributed by atoms with Crippen LogP contribution in [0, 0.1) is 5.92 Å². The predicted molar refractivity (Wildman–Crippen MR) is 137 cm³/mol. The van der Waals surface area contributed by atoms with Crippen LogP contribution in [0.5, 0.6) is 0 Å². The number of carbonyl (C=O) groups excluding carboxylic acids is 3. The Morgan fingerprint density at radius 3 is 2.22 bits per heavy atom. The minimum atomic E-state index is -0.952. The van der Waals surface area contributed by atoms with Gasteiger partial charge < -0.3 is 10.2 Å². The van der Waals surface area contributed by atoms with Crippen LogP contribution in [0.2, 0.25) is 0 Å². The topological polar surface area (TPSA) is 82.6 Å². The fourth-order valence-electron chi connectivity index (χ4n) is 5.25. The molecule has 7 heteroatoms. The first-order chi connectivity index (χ1) is 17.4. The van der Waals surface area contributed by atoms with Gasteiger partial charge in [0.15, 0.2) is 0 Å². The first-order valence-electron chi connectivity index (χ1n) is 12.4. The van der Waals surface area contributed by atoms with Gasteiger partial charge in [0.1, 0.15) is 5.54 Å². The number of amides is 4. The van der Waals surface area contributed by atoms with Gasteiger partial charge in [-0.3, -0.25) is 19.5 Å². The third kappa shape index (κ3) is 4.73. The SMILES string of the molecule is C[C@@]1(C2CCN(C(=O)Cc3ccc(-c4ccccc4)cc3)CC2)NC(=O)N(Cc2ccncc2)C1=O. The van der Waals surface area contributed by atoms with Crippen LogP contribution in [0.1, 0.15) is 30.9 Å². The van der Waals surface area contributed by atoms with E-state index in [-0.39, 0.29) is 30.3 Å². The second kappa shape index (κ2) is 9.93. The predicted octanol–water partition coefficient (Wildman–Crippen LogP) is 4.04. The van der Waals surface area contributed by atoms with Crippen LogP contribution in [-0.4, -0.2) is 51.3 Å². The number of imide groups is 1. The number of carbonyl (C=O) groups is 3. The zero-order valence-electron chi connectivity index (χ0n) is 20.4. The lowest BCUT2D eigenvalue weighted by molar-refractivity contribution is -0.135. The molecule has 5 rings (SSSR count). The van der Waals surface area contributed by atoms with Gasteiger partial charge in [0.25, 0.3) is 5.91 Å². The van der Waals surface area contributed by atoms with Crippen molar-refractivity contribution < 1.29 is 14.4 Å². The number of hydrogen-bond donors (Lipinski definition) is 1. The van der Waals surface area contributed by atoms with Crippen molar-refractivity contribution in [3.63, 3.8) is 0 Å². The summed E-state index contributed by atoms with van der Waals surface area (Å²) in [6.45, 7) is 3.20. The summed E-state index contributed by atoms with van der Waals surface area (Å²) in [6.07, 6.45) is 5.00. The maximum atomic E-state index is 13.3. The van der Waals surface area contributed by atoms with Gasteiger partial charge in [-0.05, 0) is 60.1 Å². The molecule has 1 N–H and O–H groups in total. The Hall–Kier alpha value is -4.00. The summed E-state index contributed by atoms with van der Waals surface area (Å²) in [6, 6.07) is 21.5. The standard InChI is InChI=1S/C29H30N4O3/c1-29(27(35)33(28(36)31-29)20-22-11-15-30-16-12-22)25-13-17-32(18-14-25)26(34)19-21-7-9-24(10-8-21)23-5-3-2-4-6-23/h2-12,15-16,25H,13-14,17-20H2,1H3,(H,31,36)/t29-/m0/s1. The first kappa shape index (κ1) is 23.7. The van der Waals surface area contributed by atoms with E-state index in [2.05, 4.69) is 34.6 Å². The minimum Gasteiger partial charge on any atom is -0.342 e. The van der Waals surface area contributed by atoms with Crippen molar-refractivity contribution in [3.8, 4) is 11.1 Å². The van der Waals surface area contributed by atoms with Crippen molar-refractivity contribution in [1.29, 1.82) is 0 Å². The van der Waals surface area contributed by atoms with Crippen LogP contribution in [0.3, 0.4) is 0 Å². The molecule has 0 radical (unpaired) electrons. The van der Waals surface area contributed by atoms with Crippen molar-refractivity contribution in [1.82, 2.24) is 20.1 Å². The van der Waals surface area contributed by atoms with E-state index in [0.29, 0.717) is 32.4 Å². The average molecular weight is 483 g/mol. The van der Waals surface area contributed by atoms with Gasteiger partial charge in [-0.15, -0.1) is 0 Å². The van der Waals surface area contributed by atoms with Gasteiger partial charge >= 0.3 is 6.03 Å². The normalized spacial score (nSPS) is 20.5. The lowest BCUT2D eigenvalue weighted by Crippen LogP contribution is -2.54. The van der Waals surface area contributed by atoms with E-state index in [0.717, 1.165) is 22.3 Å². The molecule has 1 atom stereocenters. The number of pyridine rings is 1. The summed E-state index contributed by atoms with van der Waals surface area (Å²) < 4.78 is 0.